The zero-order chi connectivity index (χ0) is 12.7. The first-order valence-electron chi connectivity index (χ1n) is 5.86. The van der Waals surface area contributed by atoms with E-state index in [4.69, 9.17) is 11.6 Å². The summed E-state index contributed by atoms with van der Waals surface area (Å²) in [6.07, 6.45) is 0. The van der Waals surface area contributed by atoms with Crippen molar-refractivity contribution in [3.63, 3.8) is 0 Å². The molecule has 0 aliphatic carbocycles. The Kier molecular flexibility index (Phi) is 2.60. The number of aryl methyl sites for hydroxylation is 2. The van der Waals surface area contributed by atoms with Gasteiger partial charge in [-0.15, -0.1) is 0 Å². The third-order valence-corrected chi connectivity index (χ3v) is 3.17. The van der Waals surface area contributed by atoms with Gasteiger partial charge < -0.3 is 4.98 Å². The van der Waals surface area contributed by atoms with E-state index in [1.807, 2.05) is 18.2 Å². The van der Waals surface area contributed by atoms with E-state index in [9.17, 15) is 0 Å². The number of nitrogens with zero attached hydrogens (tertiary/aromatic N) is 1. The second-order valence-electron chi connectivity index (χ2n) is 4.62. The molecule has 0 radical (unpaired) electrons. The molecule has 0 spiro atoms. The average molecular weight is 257 g/mol. The first-order chi connectivity index (χ1) is 8.61. The second-order valence-corrected chi connectivity index (χ2v) is 5.06. The normalized spacial score (nSPS) is 11.1. The smallest absolute Gasteiger partial charge is 0.138 e. The highest BCUT2D eigenvalue weighted by Crippen LogP contribution is 2.24. The van der Waals surface area contributed by atoms with Gasteiger partial charge in [-0.3, -0.25) is 0 Å². The van der Waals surface area contributed by atoms with Gasteiger partial charge in [0.15, 0.2) is 0 Å². The number of imidazole rings is 1. The van der Waals surface area contributed by atoms with Gasteiger partial charge in [0, 0.05) is 10.6 Å². The summed E-state index contributed by atoms with van der Waals surface area (Å²) in [7, 11) is 0. The summed E-state index contributed by atoms with van der Waals surface area (Å²) >= 11 is 5.98. The number of aromatic amines is 1. The molecule has 0 fully saturated rings. The lowest BCUT2D eigenvalue weighted by atomic mass is 10.1. The molecular weight excluding hydrogens is 244 g/mol. The Hall–Kier alpha value is -1.80. The van der Waals surface area contributed by atoms with E-state index in [1.165, 1.54) is 11.1 Å². The lowest BCUT2D eigenvalue weighted by Gasteiger charge is -2.01. The fraction of sp³-hybridized carbons (Fsp3) is 0.133. The van der Waals surface area contributed by atoms with Crippen LogP contribution in [0.2, 0.25) is 5.02 Å². The predicted octanol–water partition coefficient (Wildman–Crippen LogP) is 4.50. The maximum atomic E-state index is 5.98. The molecule has 2 aromatic carbocycles. The molecule has 3 rings (SSSR count). The predicted molar refractivity (Wildman–Crippen MR) is 76.0 cm³/mol. The van der Waals surface area contributed by atoms with Crippen molar-refractivity contribution in [2.45, 2.75) is 13.8 Å². The van der Waals surface area contributed by atoms with Crippen LogP contribution in [0.25, 0.3) is 22.4 Å². The summed E-state index contributed by atoms with van der Waals surface area (Å²) in [4.78, 5) is 7.90. The highest BCUT2D eigenvalue weighted by atomic mass is 35.5. The number of hydrogen-bond acceptors (Lipinski definition) is 1. The Labute approximate surface area is 111 Å². The Bertz CT molecular complexity index is 708. The van der Waals surface area contributed by atoms with Crippen LogP contribution < -0.4 is 0 Å². The van der Waals surface area contributed by atoms with E-state index >= 15 is 0 Å². The van der Waals surface area contributed by atoms with Crippen molar-refractivity contribution >= 4 is 22.6 Å². The SMILES string of the molecule is Cc1cc(C)cc(-c2nc3ccc(Cl)cc3[nH]2)c1. The van der Waals surface area contributed by atoms with Gasteiger partial charge in [0.05, 0.1) is 11.0 Å². The molecule has 0 amide bonds. The van der Waals surface area contributed by atoms with Crippen LogP contribution in [0.5, 0.6) is 0 Å². The molecular formula is C15H13ClN2. The molecule has 18 heavy (non-hydrogen) atoms. The quantitative estimate of drug-likeness (QED) is 0.682. The van der Waals surface area contributed by atoms with Crippen LogP contribution in [0.4, 0.5) is 0 Å². The lowest BCUT2D eigenvalue weighted by molar-refractivity contribution is 1.30. The summed E-state index contributed by atoms with van der Waals surface area (Å²) < 4.78 is 0. The maximum absolute atomic E-state index is 5.98. The number of benzene rings is 2. The summed E-state index contributed by atoms with van der Waals surface area (Å²) in [5.41, 5.74) is 5.50. The molecule has 3 aromatic rings. The molecule has 0 bridgehead atoms. The number of aromatic nitrogens is 2. The molecule has 0 aliphatic heterocycles. The zero-order valence-electron chi connectivity index (χ0n) is 10.3. The van der Waals surface area contributed by atoms with Crippen LogP contribution >= 0.6 is 11.6 Å². The Morgan fingerprint density at radius 2 is 1.72 bits per heavy atom. The molecule has 1 N–H and O–H groups in total. The van der Waals surface area contributed by atoms with Gasteiger partial charge in [-0.1, -0.05) is 28.8 Å². The van der Waals surface area contributed by atoms with E-state index in [0.29, 0.717) is 0 Å². The van der Waals surface area contributed by atoms with E-state index in [-0.39, 0.29) is 0 Å². The Morgan fingerprint density at radius 3 is 2.44 bits per heavy atom. The standard InChI is InChI=1S/C15H13ClN2/c1-9-5-10(2)7-11(6-9)15-17-13-4-3-12(16)8-14(13)18-15/h3-8H,1-2H3,(H,17,18). The van der Waals surface area contributed by atoms with E-state index < -0.39 is 0 Å². The van der Waals surface area contributed by atoms with E-state index in [2.05, 4.69) is 42.0 Å². The van der Waals surface area contributed by atoms with Gasteiger partial charge in [0.25, 0.3) is 0 Å². The van der Waals surface area contributed by atoms with Crippen LogP contribution in [0.3, 0.4) is 0 Å². The van der Waals surface area contributed by atoms with Gasteiger partial charge in [-0.25, -0.2) is 4.98 Å². The van der Waals surface area contributed by atoms with Crippen molar-refractivity contribution in [3.8, 4) is 11.4 Å². The molecule has 1 aromatic heterocycles. The van der Waals surface area contributed by atoms with Gasteiger partial charge in [0.2, 0.25) is 0 Å². The minimum atomic E-state index is 0.720. The number of rotatable bonds is 1. The zero-order valence-corrected chi connectivity index (χ0v) is 11.0. The highest BCUT2D eigenvalue weighted by molar-refractivity contribution is 6.31. The third-order valence-electron chi connectivity index (χ3n) is 2.94. The van der Waals surface area contributed by atoms with Crippen molar-refractivity contribution in [2.75, 3.05) is 0 Å². The molecule has 0 saturated carbocycles. The minimum absolute atomic E-state index is 0.720. The molecule has 2 nitrogen and oxygen atoms in total. The van der Waals surface area contributed by atoms with Crippen molar-refractivity contribution in [2.24, 2.45) is 0 Å². The topological polar surface area (TPSA) is 28.7 Å². The van der Waals surface area contributed by atoms with Crippen LogP contribution in [0, 0.1) is 13.8 Å². The molecule has 3 heteroatoms. The fourth-order valence-electron chi connectivity index (χ4n) is 2.23. The van der Waals surface area contributed by atoms with Gasteiger partial charge in [0.1, 0.15) is 5.82 Å². The number of nitrogens with one attached hydrogen (secondary N) is 1. The second kappa shape index (κ2) is 4.14. The van der Waals surface area contributed by atoms with Crippen LogP contribution in [-0.2, 0) is 0 Å². The molecule has 1 heterocycles. The molecule has 0 aliphatic rings. The number of H-pyrrole nitrogens is 1. The summed E-state index contributed by atoms with van der Waals surface area (Å²) in [5, 5.41) is 0.720. The molecule has 90 valence electrons. The summed E-state index contributed by atoms with van der Waals surface area (Å²) in [6.45, 7) is 4.19. The molecule has 0 unspecified atom stereocenters. The largest absolute Gasteiger partial charge is 0.338 e. The molecule has 0 atom stereocenters. The van der Waals surface area contributed by atoms with Gasteiger partial charge in [-0.2, -0.15) is 0 Å². The van der Waals surface area contributed by atoms with Crippen LogP contribution in [0.15, 0.2) is 36.4 Å². The van der Waals surface area contributed by atoms with Crippen molar-refractivity contribution in [1.29, 1.82) is 0 Å². The van der Waals surface area contributed by atoms with Crippen molar-refractivity contribution in [1.82, 2.24) is 9.97 Å². The van der Waals surface area contributed by atoms with E-state index in [1.54, 1.807) is 0 Å². The Balaban J connectivity index is 2.19. The van der Waals surface area contributed by atoms with Crippen LogP contribution in [0.1, 0.15) is 11.1 Å². The maximum Gasteiger partial charge on any atom is 0.138 e. The average Bonchev–Trinajstić information content (AvgIpc) is 2.70. The highest BCUT2D eigenvalue weighted by Gasteiger charge is 2.06. The van der Waals surface area contributed by atoms with Gasteiger partial charge in [-0.05, 0) is 44.2 Å². The number of hydrogen-bond donors (Lipinski definition) is 1. The monoisotopic (exact) mass is 256 g/mol. The van der Waals surface area contributed by atoms with Crippen molar-refractivity contribution < 1.29 is 0 Å². The first kappa shape index (κ1) is 11.3. The van der Waals surface area contributed by atoms with Gasteiger partial charge >= 0.3 is 0 Å². The Morgan fingerprint density at radius 1 is 1.00 bits per heavy atom. The van der Waals surface area contributed by atoms with Crippen LogP contribution in [-0.4, -0.2) is 9.97 Å². The lowest BCUT2D eigenvalue weighted by Crippen LogP contribution is -1.84. The third kappa shape index (κ3) is 2.00. The number of halogens is 1. The summed E-state index contributed by atoms with van der Waals surface area (Å²) in [6, 6.07) is 12.1. The molecule has 0 saturated heterocycles. The summed E-state index contributed by atoms with van der Waals surface area (Å²) in [5.74, 6) is 0.888. The van der Waals surface area contributed by atoms with E-state index in [0.717, 1.165) is 27.4 Å². The number of fused-ring (bicyclic) bond motifs is 1. The first-order valence-corrected chi connectivity index (χ1v) is 6.23. The van der Waals surface area contributed by atoms with Crippen molar-refractivity contribution in [3.05, 3.63) is 52.5 Å². The minimum Gasteiger partial charge on any atom is -0.338 e. The fourth-order valence-corrected chi connectivity index (χ4v) is 2.40.